The minimum atomic E-state index is -0.507. The van der Waals surface area contributed by atoms with Gasteiger partial charge in [0, 0.05) is 23.8 Å². The maximum absolute atomic E-state index is 13.1. The normalized spacial score (nSPS) is 15.8. The number of benzene rings is 1. The Hall–Kier alpha value is -4.16. The average Bonchev–Trinajstić information content (AvgIpc) is 2.85. The van der Waals surface area contributed by atoms with Crippen molar-refractivity contribution in [3.63, 3.8) is 0 Å². The molecule has 2 heterocycles. The van der Waals surface area contributed by atoms with E-state index in [0.717, 1.165) is 15.7 Å². The van der Waals surface area contributed by atoms with Crippen LogP contribution in [0.25, 0.3) is 0 Å². The van der Waals surface area contributed by atoms with Crippen molar-refractivity contribution < 1.29 is 4.74 Å². The zero-order chi connectivity index (χ0) is 24.9. The molecule has 1 aromatic carbocycles. The Morgan fingerprint density at radius 1 is 1.23 bits per heavy atom. The van der Waals surface area contributed by atoms with E-state index < -0.39 is 11.4 Å². The summed E-state index contributed by atoms with van der Waals surface area (Å²) in [6.07, 6.45) is 5.66. The first-order valence-corrected chi connectivity index (χ1v) is 11.4. The topological polar surface area (TPSA) is 118 Å². The summed E-state index contributed by atoms with van der Waals surface area (Å²) in [5.41, 5.74) is 1.45. The molecule has 0 saturated heterocycles. The van der Waals surface area contributed by atoms with Crippen molar-refractivity contribution in [2.45, 2.75) is 39.4 Å². The van der Waals surface area contributed by atoms with Crippen LogP contribution < -0.4 is 21.7 Å². The van der Waals surface area contributed by atoms with E-state index in [9.17, 15) is 9.59 Å². The molecule has 4 rings (SSSR count). The van der Waals surface area contributed by atoms with Crippen molar-refractivity contribution >= 4 is 11.6 Å². The van der Waals surface area contributed by atoms with Gasteiger partial charge < -0.3 is 4.74 Å². The van der Waals surface area contributed by atoms with Gasteiger partial charge in [0.1, 0.15) is 11.8 Å². The van der Waals surface area contributed by atoms with Gasteiger partial charge in [-0.2, -0.15) is 5.26 Å². The van der Waals surface area contributed by atoms with E-state index in [-0.39, 0.29) is 24.7 Å². The molecule has 3 aromatic rings. The average molecular weight is 491 g/mol. The zero-order valence-electron chi connectivity index (χ0n) is 19.2. The summed E-state index contributed by atoms with van der Waals surface area (Å²) in [5.74, 6) is 0.984. The monoisotopic (exact) mass is 490 g/mol. The predicted octanol–water partition coefficient (Wildman–Crippen LogP) is 2.91. The van der Waals surface area contributed by atoms with Gasteiger partial charge in [-0.1, -0.05) is 23.7 Å². The second-order valence-corrected chi connectivity index (χ2v) is 8.40. The number of allylic oxidation sites excluding steroid dienone is 1. The molecule has 0 spiro atoms. The number of aromatic nitrogens is 4. The number of hydrogen-bond donors (Lipinski definition) is 1. The second-order valence-electron chi connectivity index (χ2n) is 7.97. The number of halogens is 1. The number of nitrogens with one attached hydrogen (secondary N) is 1. The Kier molecular flexibility index (Phi) is 7.13. The highest BCUT2D eigenvalue weighted by atomic mass is 35.5. The maximum atomic E-state index is 13.1. The van der Waals surface area contributed by atoms with Crippen LogP contribution in [0.3, 0.4) is 0 Å². The van der Waals surface area contributed by atoms with E-state index in [1.54, 1.807) is 31.2 Å². The highest BCUT2D eigenvalue weighted by Crippen LogP contribution is 2.22. The number of H-pyrrole nitrogens is 1. The minimum absolute atomic E-state index is 0.198. The highest BCUT2D eigenvalue weighted by molar-refractivity contribution is 6.30. The first-order chi connectivity index (χ1) is 16.9. The van der Waals surface area contributed by atoms with Crippen LogP contribution in [0, 0.1) is 11.3 Å². The Morgan fingerprint density at radius 2 is 2.00 bits per heavy atom. The molecule has 178 valence electrons. The zero-order valence-corrected chi connectivity index (χ0v) is 20.0. The third kappa shape index (κ3) is 5.50. The summed E-state index contributed by atoms with van der Waals surface area (Å²) < 4.78 is 8.39. The Balaban J connectivity index is 1.65. The van der Waals surface area contributed by atoms with E-state index >= 15 is 0 Å². The van der Waals surface area contributed by atoms with Gasteiger partial charge in [0.15, 0.2) is 0 Å². The van der Waals surface area contributed by atoms with Crippen LogP contribution in [0.15, 0.2) is 80.7 Å². The smallest absolute Gasteiger partial charge is 0.335 e. The first-order valence-electron chi connectivity index (χ1n) is 11.0. The van der Waals surface area contributed by atoms with Crippen LogP contribution in [0.1, 0.15) is 31.4 Å². The summed E-state index contributed by atoms with van der Waals surface area (Å²) in [5, 5.41) is 9.50. The van der Waals surface area contributed by atoms with Gasteiger partial charge in [-0.3, -0.25) is 9.55 Å². The third-order valence-corrected chi connectivity index (χ3v) is 5.81. The van der Waals surface area contributed by atoms with E-state index in [0.29, 0.717) is 28.6 Å². The predicted molar refractivity (Wildman–Crippen MR) is 131 cm³/mol. The van der Waals surface area contributed by atoms with Gasteiger partial charge in [-0.05, 0) is 61.8 Å². The van der Waals surface area contributed by atoms with Gasteiger partial charge in [-0.15, -0.1) is 0 Å². The molecule has 0 aliphatic heterocycles. The summed E-state index contributed by atoms with van der Waals surface area (Å²) in [7, 11) is 0. The van der Waals surface area contributed by atoms with Crippen molar-refractivity contribution in [2.24, 2.45) is 4.99 Å². The summed E-state index contributed by atoms with van der Waals surface area (Å²) in [4.78, 5) is 37.2. The van der Waals surface area contributed by atoms with Crippen molar-refractivity contribution in [2.75, 3.05) is 0 Å². The highest BCUT2D eigenvalue weighted by Gasteiger charge is 2.17. The molecule has 0 fully saturated rings. The molecule has 0 saturated carbocycles. The van der Waals surface area contributed by atoms with Gasteiger partial charge in [0.05, 0.1) is 18.2 Å². The minimum Gasteiger partial charge on any atom is -0.439 e. The fourth-order valence-corrected chi connectivity index (χ4v) is 3.77. The Morgan fingerprint density at radius 3 is 2.63 bits per heavy atom. The molecule has 1 atom stereocenters. The van der Waals surface area contributed by atoms with Gasteiger partial charge in [0.2, 0.25) is 11.5 Å². The lowest BCUT2D eigenvalue weighted by atomic mass is 10.0. The van der Waals surface area contributed by atoms with E-state index in [1.807, 2.05) is 37.3 Å². The molecule has 10 heteroatoms. The van der Waals surface area contributed by atoms with Crippen LogP contribution in [-0.2, 0) is 13.1 Å². The molecule has 1 aliphatic rings. The molecule has 9 nitrogen and oxygen atoms in total. The lowest BCUT2D eigenvalue weighted by molar-refractivity contribution is 0.418. The summed E-state index contributed by atoms with van der Waals surface area (Å²) in [6, 6.07) is 12.2. The molecule has 0 bridgehead atoms. The summed E-state index contributed by atoms with van der Waals surface area (Å²) >= 11 is 5.99. The number of aromatic amines is 1. The van der Waals surface area contributed by atoms with Crippen molar-refractivity contribution in [1.82, 2.24) is 19.1 Å². The molecule has 35 heavy (non-hydrogen) atoms. The van der Waals surface area contributed by atoms with E-state index in [4.69, 9.17) is 26.6 Å². The quantitative estimate of drug-likeness (QED) is 0.570. The largest absolute Gasteiger partial charge is 0.439 e. The molecular formula is C25H23ClN6O3. The number of rotatable bonds is 6. The summed E-state index contributed by atoms with van der Waals surface area (Å²) in [6.45, 7) is 4.12. The lowest BCUT2D eigenvalue weighted by Gasteiger charge is -2.18. The standard InChI is InChI=1S/C25H23ClN6O3/c1-3-31-24(33)30-23(32(25(31)34)15-17-4-7-19(26)8-5-17)29-21-10-9-20(12-16(21)2)35-22-11-6-18(13-27)14-28-22/h4-9,11-12,14,21H,3,10,15H2,1-2H3,(H,29,30,33). The second kappa shape index (κ2) is 10.4. The molecular weight excluding hydrogens is 468 g/mol. The van der Waals surface area contributed by atoms with Crippen LogP contribution >= 0.6 is 11.6 Å². The van der Waals surface area contributed by atoms with Gasteiger partial charge in [0.25, 0.3) is 0 Å². The van der Waals surface area contributed by atoms with Crippen LogP contribution in [0.5, 0.6) is 5.88 Å². The molecule has 0 amide bonds. The third-order valence-electron chi connectivity index (χ3n) is 5.56. The van der Waals surface area contributed by atoms with Crippen LogP contribution in [-0.4, -0.2) is 25.1 Å². The van der Waals surface area contributed by atoms with E-state index in [2.05, 4.69) is 9.97 Å². The molecule has 1 unspecified atom stereocenters. The Bertz CT molecular complexity index is 1520. The SMILES string of the molecule is CCn1c(=O)[nH]/c(=N\C2CC=C(Oc3ccc(C#N)cn3)C=C2C)n(Cc2ccc(Cl)cc2)c1=O. The van der Waals surface area contributed by atoms with Gasteiger partial charge in [-0.25, -0.2) is 24.1 Å². The Labute approximate surface area is 206 Å². The van der Waals surface area contributed by atoms with Crippen molar-refractivity contribution in [3.05, 3.63) is 109 Å². The number of hydrogen-bond acceptors (Lipinski definition) is 6. The van der Waals surface area contributed by atoms with E-state index in [1.165, 1.54) is 10.8 Å². The lowest BCUT2D eigenvalue weighted by Crippen LogP contribution is -2.50. The van der Waals surface area contributed by atoms with Crippen LogP contribution in [0.2, 0.25) is 5.02 Å². The maximum Gasteiger partial charge on any atom is 0.335 e. The molecule has 1 aliphatic carbocycles. The molecule has 2 aromatic heterocycles. The fourth-order valence-electron chi connectivity index (χ4n) is 3.64. The van der Waals surface area contributed by atoms with Gasteiger partial charge >= 0.3 is 11.4 Å². The van der Waals surface area contributed by atoms with Crippen LogP contribution in [0.4, 0.5) is 0 Å². The molecule has 0 radical (unpaired) electrons. The number of pyridine rings is 1. The van der Waals surface area contributed by atoms with Crippen molar-refractivity contribution in [1.29, 1.82) is 5.26 Å². The fraction of sp³-hybridized carbons (Fsp3) is 0.240. The first kappa shape index (κ1) is 24.0. The number of ether oxygens (including phenoxy) is 1. The number of nitriles is 1. The van der Waals surface area contributed by atoms with Crippen molar-refractivity contribution in [3.8, 4) is 11.9 Å². The molecule has 1 N–H and O–H groups in total. The number of nitrogens with zero attached hydrogens (tertiary/aromatic N) is 5.